The average molecular weight is 398 g/mol. The third kappa shape index (κ3) is 4.54. The van der Waals surface area contributed by atoms with Crippen LogP contribution >= 0.6 is 11.6 Å². The molecule has 0 saturated carbocycles. The van der Waals surface area contributed by atoms with Crippen molar-refractivity contribution in [2.75, 3.05) is 5.32 Å². The van der Waals surface area contributed by atoms with Crippen molar-refractivity contribution >= 4 is 23.2 Å². The van der Waals surface area contributed by atoms with Crippen molar-refractivity contribution in [2.45, 2.75) is 40.3 Å². The molecule has 0 saturated heterocycles. The van der Waals surface area contributed by atoms with E-state index in [0.29, 0.717) is 17.3 Å². The fraction of sp³-hybridized carbons (Fsp3) is 0.273. The summed E-state index contributed by atoms with van der Waals surface area (Å²) in [6, 6.07) is 15.2. The summed E-state index contributed by atoms with van der Waals surface area (Å²) in [7, 11) is 0. The molecule has 146 valence electrons. The van der Waals surface area contributed by atoms with E-state index < -0.39 is 6.10 Å². The SMILES string of the molecule is Cc1ccccc1Cn1nc(C)c(NC(=O)[C@@H](C)Oc2cccc(Cl)c2)c1C. The molecule has 1 aromatic heterocycles. The summed E-state index contributed by atoms with van der Waals surface area (Å²) in [4.78, 5) is 12.6. The normalized spacial score (nSPS) is 11.9. The number of hydrogen-bond acceptors (Lipinski definition) is 3. The van der Waals surface area contributed by atoms with Gasteiger partial charge in [-0.05, 0) is 57.0 Å². The molecule has 0 aliphatic rings. The van der Waals surface area contributed by atoms with E-state index in [1.165, 1.54) is 11.1 Å². The number of halogens is 1. The minimum atomic E-state index is -0.669. The van der Waals surface area contributed by atoms with Crippen LogP contribution in [0.1, 0.15) is 29.4 Å². The van der Waals surface area contributed by atoms with Gasteiger partial charge in [-0.1, -0.05) is 41.9 Å². The van der Waals surface area contributed by atoms with Crippen LogP contribution in [-0.4, -0.2) is 21.8 Å². The summed E-state index contributed by atoms with van der Waals surface area (Å²) in [6.45, 7) is 8.29. The highest BCUT2D eigenvalue weighted by molar-refractivity contribution is 6.30. The number of hydrogen-bond donors (Lipinski definition) is 1. The first-order valence-electron chi connectivity index (χ1n) is 9.16. The predicted molar refractivity (Wildman–Crippen MR) is 112 cm³/mol. The van der Waals surface area contributed by atoms with Crippen molar-refractivity contribution in [2.24, 2.45) is 0 Å². The van der Waals surface area contributed by atoms with E-state index >= 15 is 0 Å². The molecule has 0 spiro atoms. The van der Waals surface area contributed by atoms with Crippen LogP contribution < -0.4 is 10.1 Å². The molecule has 28 heavy (non-hydrogen) atoms. The third-order valence-corrected chi connectivity index (χ3v) is 4.92. The zero-order valence-electron chi connectivity index (χ0n) is 16.5. The Morgan fingerprint density at radius 2 is 1.93 bits per heavy atom. The number of benzene rings is 2. The molecule has 0 aliphatic carbocycles. The number of carbonyl (C=O) groups is 1. The molecule has 2 aromatic carbocycles. The van der Waals surface area contributed by atoms with Crippen molar-refractivity contribution in [1.82, 2.24) is 9.78 Å². The van der Waals surface area contributed by atoms with E-state index in [1.807, 2.05) is 30.7 Å². The van der Waals surface area contributed by atoms with Gasteiger partial charge in [0.2, 0.25) is 0 Å². The van der Waals surface area contributed by atoms with Crippen molar-refractivity contribution < 1.29 is 9.53 Å². The van der Waals surface area contributed by atoms with Gasteiger partial charge in [-0.3, -0.25) is 9.48 Å². The third-order valence-electron chi connectivity index (χ3n) is 4.69. The molecule has 6 heteroatoms. The highest BCUT2D eigenvalue weighted by atomic mass is 35.5. The van der Waals surface area contributed by atoms with Crippen molar-refractivity contribution in [3.05, 3.63) is 76.1 Å². The van der Waals surface area contributed by atoms with E-state index in [1.54, 1.807) is 31.2 Å². The van der Waals surface area contributed by atoms with Crippen molar-refractivity contribution in [1.29, 1.82) is 0 Å². The highest BCUT2D eigenvalue weighted by Gasteiger charge is 2.20. The summed E-state index contributed by atoms with van der Waals surface area (Å²) in [6.07, 6.45) is -0.669. The summed E-state index contributed by atoms with van der Waals surface area (Å²) in [5.74, 6) is 0.320. The number of amides is 1. The van der Waals surface area contributed by atoms with Gasteiger partial charge in [0.15, 0.2) is 6.10 Å². The van der Waals surface area contributed by atoms with Crippen molar-refractivity contribution in [3.8, 4) is 5.75 Å². The Labute approximate surface area is 170 Å². The van der Waals surface area contributed by atoms with Crippen LogP contribution in [0, 0.1) is 20.8 Å². The molecule has 3 aromatic rings. The van der Waals surface area contributed by atoms with Gasteiger partial charge in [0.1, 0.15) is 5.75 Å². The Morgan fingerprint density at radius 3 is 2.64 bits per heavy atom. The lowest BCUT2D eigenvalue weighted by Gasteiger charge is -2.15. The molecule has 0 bridgehead atoms. The summed E-state index contributed by atoms with van der Waals surface area (Å²) >= 11 is 5.97. The van der Waals surface area contributed by atoms with Crippen LogP contribution in [0.4, 0.5) is 5.69 Å². The smallest absolute Gasteiger partial charge is 0.265 e. The van der Waals surface area contributed by atoms with Crippen LogP contribution in [0.2, 0.25) is 5.02 Å². The number of rotatable bonds is 6. The van der Waals surface area contributed by atoms with E-state index in [-0.39, 0.29) is 5.91 Å². The van der Waals surface area contributed by atoms with Gasteiger partial charge in [0.25, 0.3) is 5.91 Å². The van der Waals surface area contributed by atoms with Crippen LogP contribution in [0.5, 0.6) is 5.75 Å². The zero-order chi connectivity index (χ0) is 20.3. The van der Waals surface area contributed by atoms with Crippen LogP contribution in [0.3, 0.4) is 0 Å². The zero-order valence-corrected chi connectivity index (χ0v) is 17.2. The first kappa shape index (κ1) is 20.0. The Morgan fingerprint density at radius 1 is 1.18 bits per heavy atom. The Kier molecular flexibility index (Phi) is 6.05. The van der Waals surface area contributed by atoms with Gasteiger partial charge in [-0.25, -0.2) is 0 Å². The summed E-state index contributed by atoms with van der Waals surface area (Å²) in [5, 5.41) is 8.12. The Balaban J connectivity index is 1.72. The largest absolute Gasteiger partial charge is 0.481 e. The number of aromatic nitrogens is 2. The molecule has 1 heterocycles. The molecular weight excluding hydrogens is 374 g/mol. The van der Waals surface area contributed by atoms with Crippen LogP contribution in [0.15, 0.2) is 48.5 Å². The topological polar surface area (TPSA) is 56.2 Å². The molecule has 3 rings (SSSR count). The number of carbonyl (C=O) groups excluding carboxylic acids is 1. The standard InChI is InChI=1S/C22H24ClN3O2/c1-14-8-5-6-9-18(14)13-26-16(3)21(15(2)25-26)24-22(27)17(4)28-20-11-7-10-19(23)12-20/h5-12,17H,13H2,1-4H3,(H,24,27)/t17-/m1/s1. The lowest BCUT2D eigenvalue weighted by molar-refractivity contribution is -0.122. The maximum atomic E-state index is 12.6. The fourth-order valence-corrected chi connectivity index (χ4v) is 3.18. The average Bonchev–Trinajstić information content (AvgIpc) is 2.91. The first-order chi connectivity index (χ1) is 13.3. The maximum absolute atomic E-state index is 12.6. The summed E-state index contributed by atoms with van der Waals surface area (Å²) < 4.78 is 7.62. The second-order valence-electron chi connectivity index (χ2n) is 6.84. The molecule has 1 atom stereocenters. The molecule has 0 unspecified atom stereocenters. The predicted octanol–water partition coefficient (Wildman–Crippen LogP) is 4.92. The van der Waals surface area contributed by atoms with Crippen LogP contribution in [-0.2, 0) is 11.3 Å². The highest BCUT2D eigenvalue weighted by Crippen LogP contribution is 2.23. The second kappa shape index (κ2) is 8.48. The molecule has 1 amide bonds. The monoisotopic (exact) mass is 397 g/mol. The minimum absolute atomic E-state index is 0.235. The van der Waals surface area contributed by atoms with Gasteiger partial charge in [-0.2, -0.15) is 5.10 Å². The number of anilines is 1. The molecule has 5 nitrogen and oxygen atoms in total. The first-order valence-corrected chi connectivity index (χ1v) is 9.54. The molecule has 0 fully saturated rings. The molecule has 1 N–H and O–H groups in total. The van der Waals surface area contributed by atoms with E-state index in [0.717, 1.165) is 17.1 Å². The Hall–Kier alpha value is -2.79. The van der Waals surface area contributed by atoms with Gasteiger partial charge < -0.3 is 10.1 Å². The van der Waals surface area contributed by atoms with E-state index in [2.05, 4.69) is 29.5 Å². The Bertz CT molecular complexity index is 997. The molecular formula is C22H24ClN3O2. The number of ether oxygens (including phenoxy) is 1. The molecule has 0 aliphatic heterocycles. The maximum Gasteiger partial charge on any atom is 0.265 e. The van der Waals surface area contributed by atoms with Gasteiger partial charge in [-0.15, -0.1) is 0 Å². The lowest BCUT2D eigenvalue weighted by Crippen LogP contribution is -2.30. The number of nitrogens with one attached hydrogen (secondary N) is 1. The second-order valence-corrected chi connectivity index (χ2v) is 7.27. The van der Waals surface area contributed by atoms with Crippen molar-refractivity contribution in [3.63, 3.8) is 0 Å². The summed E-state index contributed by atoms with van der Waals surface area (Å²) in [5.41, 5.74) is 4.81. The van der Waals surface area contributed by atoms with Gasteiger partial charge in [0, 0.05) is 5.02 Å². The quantitative estimate of drug-likeness (QED) is 0.642. The van der Waals surface area contributed by atoms with Crippen LogP contribution in [0.25, 0.3) is 0 Å². The number of aryl methyl sites for hydroxylation is 2. The van der Waals surface area contributed by atoms with E-state index in [9.17, 15) is 4.79 Å². The number of nitrogens with zero attached hydrogens (tertiary/aromatic N) is 2. The molecule has 0 radical (unpaired) electrons. The lowest BCUT2D eigenvalue weighted by atomic mass is 10.1. The van der Waals surface area contributed by atoms with Gasteiger partial charge >= 0.3 is 0 Å². The van der Waals surface area contributed by atoms with Gasteiger partial charge in [0.05, 0.1) is 23.6 Å². The van der Waals surface area contributed by atoms with E-state index in [4.69, 9.17) is 16.3 Å². The minimum Gasteiger partial charge on any atom is -0.481 e. The fourth-order valence-electron chi connectivity index (χ4n) is 3.00.